The first-order chi connectivity index (χ1) is 14.5. The number of hydrogen-bond acceptors (Lipinski definition) is 3. The molecule has 6 nitrogen and oxygen atoms in total. The van der Waals surface area contributed by atoms with E-state index in [1.807, 2.05) is 25.1 Å². The third-order valence-corrected chi connectivity index (χ3v) is 5.29. The predicted octanol–water partition coefficient (Wildman–Crippen LogP) is 3.39. The first-order valence-electron chi connectivity index (χ1n) is 10.6. The summed E-state index contributed by atoms with van der Waals surface area (Å²) >= 11 is 0. The fourth-order valence-electron chi connectivity index (χ4n) is 3.58. The Hall–Kier alpha value is -3.15. The van der Waals surface area contributed by atoms with E-state index < -0.39 is 0 Å². The molecule has 0 fully saturated rings. The number of H-pyrrole nitrogens is 1. The Bertz CT molecular complexity index is 1090. The first kappa shape index (κ1) is 21.6. The Morgan fingerprint density at radius 3 is 2.53 bits per heavy atom. The molecule has 1 heterocycles. The van der Waals surface area contributed by atoms with Crippen LogP contribution in [0.3, 0.4) is 0 Å². The molecule has 1 aromatic heterocycles. The Balaban J connectivity index is 1.38. The summed E-state index contributed by atoms with van der Waals surface area (Å²) in [5, 5.41) is 3.56. The van der Waals surface area contributed by atoms with E-state index in [0.29, 0.717) is 30.3 Å². The molecule has 2 aromatic carbocycles. The Labute approximate surface area is 176 Å². The number of para-hydroxylation sites is 1. The number of rotatable bonds is 10. The number of nitrogens with one attached hydrogen (secondary N) is 2. The van der Waals surface area contributed by atoms with Crippen molar-refractivity contribution in [1.82, 2.24) is 14.9 Å². The Morgan fingerprint density at radius 1 is 1.00 bits per heavy atom. The lowest BCUT2D eigenvalue weighted by Gasteiger charge is -2.14. The normalized spacial score (nSPS) is 12.0. The smallest absolute Gasteiger partial charge is 0.328 e. The van der Waals surface area contributed by atoms with Gasteiger partial charge in [0.1, 0.15) is 0 Å². The second-order valence-corrected chi connectivity index (χ2v) is 7.74. The van der Waals surface area contributed by atoms with Gasteiger partial charge < -0.3 is 10.3 Å². The summed E-state index contributed by atoms with van der Waals surface area (Å²) in [7, 11) is 0. The van der Waals surface area contributed by atoms with Crippen LogP contribution in [0.25, 0.3) is 10.9 Å². The number of unbranched alkanes of at least 4 members (excludes halogenated alkanes) is 2. The van der Waals surface area contributed by atoms with E-state index in [1.54, 1.807) is 24.3 Å². The fraction of sp³-hybridized carbons (Fsp3) is 0.375. The lowest BCUT2D eigenvalue weighted by atomic mass is 10.1. The van der Waals surface area contributed by atoms with E-state index in [1.165, 1.54) is 10.1 Å². The van der Waals surface area contributed by atoms with Gasteiger partial charge in [0, 0.05) is 19.0 Å². The maximum absolute atomic E-state index is 12.5. The van der Waals surface area contributed by atoms with Crippen molar-refractivity contribution in [2.24, 2.45) is 0 Å². The summed E-state index contributed by atoms with van der Waals surface area (Å²) in [6.45, 7) is 2.38. The molecule has 6 heteroatoms. The maximum atomic E-state index is 12.5. The van der Waals surface area contributed by atoms with Gasteiger partial charge in [0.05, 0.1) is 10.9 Å². The Kier molecular flexibility index (Phi) is 7.60. The molecule has 3 rings (SSSR count). The number of fused-ring (bicyclic) bond motifs is 1. The van der Waals surface area contributed by atoms with Gasteiger partial charge in [-0.1, -0.05) is 48.9 Å². The van der Waals surface area contributed by atoms with Gasteiger partial charge in [-0.25, -0.2) is 4.79 Å². The number of aryl methyl sites for hydroxylation is 1. The zero-order chi connectivity index (χ0) is 21.3. The summed E-state index contributed by atoms with van der Waals surface area (Å²) < 4.78 is 1.24. The Morgan fingerprint density at radius 2 is 1.73 bits per heavy atom. The van der Waals surface area contributed by atoms with Gasteiger partial charge in [0.2, 0.25) is 5.91 Å². The monoisotopic (exact) mass is 407 g/mol. The minimum Gasteiger partial charge on any atom is -0.354 e. The minimum absolute atomic E-state index is 0.0521. The van der Waals surface area contributed by atoms with Crippen molar-refractivity contribution in [2.45, 2.75) is 58.0 Å². The van der Waals surface area contributed by atoms with Crippen LogP contribution in [0.5, 0.6) is 0 Å². The molecule has 0 saturated carbocycles. The van der Waals surface area contributed by atoms with Crippen LogP contribution in [0.2, 0.25) is 0 Å². The van der Waals surface area contributed by atoms with E-state index in [4.69, 9.17) is 0 Å². The summed E-state index contributed by atoms with van der Waals surface area (Å²) in [6, 6.07) is 17.4. The molecular weight excluding hydrogens is 378 g/mol. The van der Waals surface area contributed by atoms with E-state index in [9.17, 15) is 14.4 Å². The summed E-state index contributed by atoms with van der Waals surface area (Å²) in [5.41, 5.74) is 1.18. The van der Waals surface area contributed by atoms with Crippen molar-refractivity contribution in [3.63, 3.8) is 0 Å². The standard InChI is InChI=1S/C24H29N3O3/c1-18(15-16-19-10-4-2-5-11-19)25-22(28)14-6-3-9-17-27-23(29)20-12-7-8-13-21(20)26-24(27)30/h2,4-5,7-8,10-13,18H,3,6,9,14-17H2,1H3,(H,25,28)(H,26,30)/t18-/m0/s1. The van der Waals surface area contributed by atoms with Crippen molar-refractivity contribution < 1.29 is 4.79 Å². The second kappa shape index (κ2) is 10.6. The second-order valence-electron chi connectivity index (χ2n) is 7.74. The molecule has 0 spiro atoms. The van der Waals surface area contributed by atoms with Crippen LogP contribution in [0, 0.1) is 0 Å². The molecule has 0 radical (unpaired) electrons. The van der Waals surface area contributed by atoms with Gasteiger partial charge in [-0.05, 0) is 50.3 Å². The number of aromatic amines is 1. The topological polar surface area (TPSA) is 84.0 Å². The van der Waals surface area contributed by atoms with Crippen LogP contribution in [0.4, 0.5) is 0 Å². The predicted molar refractivity (Wildman–Crippen MR) is 120 cm³/mol. The van der Waals surface area contributed by atoms with Gasteiger partial charge in [-0.2, -0.15) is 0 Å². The highest BCUT2D eigenvalue weighted by molar-refractivity contribution is 5.77. The number of aromatic nitrogens is 2. The highest BCUT2D eigenvalue weighted by atomic mass is 16.2. The van der Waals surface area contributed by atoms with Crippen molar-refractivity contribution in [2.75, 3.05) is 0 Å². The minimum atomic E-state index is -0.385. The molecule has 2 N–H and O–H groups in total. The highest BCUT2D eigenvalue weighted by Crippen LogP contribution is 2.07. The van der Waals surface area contributed by atoms with Crippen LogP contribution in [-0.4, -0.2) is 21.5 Å². The van der Waals surface area contributed by atoms with E-state index in [-0.39, 0.29) is 23.2 Å². The zero-order valence-electron chi connectivity index (χ0n) is 17.4. The van der Waals surface area contributed by atoms with Gasteiger partial charge in [-0.15, -0.1) is 0 Å². The molecule has 0 aliphatic heterocycles. The average Bonchev–Trinajstić information content (AvgIpc) is 2.75. The number of amides is 1. The number of nitrogens with zero attached hydrogens (tertiary/aromatic N) is 1. The number of carbonyl (C=O) groups is 1. The number of benzene rings is 2. The van der Waals surface area contributed by atoms with E-state index in [2.05, 4.69) is 22.4 Å². The van der Waals surface area contributed by atoms with Crippen molar-refractivity contribution >= 4 is 16.8 Å². The highest BCUT2D eigenvalue weighted by Gasteiger charge is 2.09. The van der Waals surface area contributed by atoms with Crippen LogP contribution in [0.1, 0.15) is 44.6 Å². The van der Waals surface area contributed by atoms with Crippen LogP contribution >= 0.6 is 0 Å². The van der Waals surface area contributed by atoms with E-state index in [0.717, 1.165) is 25.7 Å². The molecule has 0 unspecified atom stereocenters. The molecule has 0 aliphatic rings. The van der Waals surface area contributed by atoms with E-state index >= 15 is 0 Å². The third-order valence-electron chi connectivity index (χ3n) is 5.29. The lowest BCUT2D eigenvalue weighted by Crippen LogP contribution is -2.35. The molecule has 0 aliphatic carbocycles. The van der Waals surface area contributed by atoms with Crippen molar-refractivity contribution in [3.05, 3.63) is 81.0 Å². The SMILES string of the molecule is C[C@@H](CCc1ccccc1)NC(=O)CCCCCn1c(=O)[nH]c2ccccc2c1=O. The molecule has 30 heavy (non-hydrogen) atoms. The molecule has 1 atom stereocenters. The van der Waals surface area contributed by atoms with Gasteiger partial charge in [-0.3, -0.25) is 14.2 Å². The summed E-state index contributed by atoms with van der Waals surface area (Å²) in [5.74, 6) is 0.0521. The molecule has 0 saturated heterocycles. The molecule has 3 aromatic rings. The average molecular weight is 408 g/mol. The maximum Gasteiger partial charge on any atom is 0.328 e. The van der Waals surface area contributed by atoms with Crippen LogP contribution < -0.4 is 16.6 Å². The van der Waals surface area contributed by atoms with Crippen molar-refractivity contribution in [1.29, 1.82) is 0 Å². The molecular formula is C24H29N3O3. The zero-order valence-corrected chi connectivity index (χ0v) is 17.4. The quantitative estimate of drug-likeness (QED) is 0.505. The molecule has 158 valence electrons. The first-order valence-corrected chi connectivity index (χ1v) is 10.6. The number of hydrogen-bond donors (Lipinski definition) is 2. The van der Waals surface area contributed by atoms with Crippen LogP contribution in [0.15, 0.2) is 64.2 Å². The third kappa shape index (κ3) is 5.92. The lowest BCUT2D eigenvalue weighted by molar-refractivity contribution is -0.121. The van der Waals surface area contributed by atoms with Gasteiger partial charge >= 0.3 is 5.69 Å². The van der Waals surface area contributed by atoms with Gasteiger partial charge in [0.25, 0.3) is 5.56 Å². The van der Waals surface area contributed by atoms with Gasteiger partial charge in [0.15, 0.2) is 0 Å². The van der Waals surface area contributed by atoms with Crippen LogP contribution in [-0.2, 0) is 17.8 Å². The fourth-order valence-corrected chi connectivity index (χ4v) is 3.58. The molecule has 1 amide bonds. The molecule has 0 bridgehead atoms. The summed E-state index contributed by atoms with van der Waals surface area (Å²) in [6.07, 6.45) is 4.50. The number of carbonyl (C=O) groups excluding carboxylic acids is 1. The summed E-state index contributed by atoms with van der Waals surface area (Å²) in [4.78, 5) is 39.5. The van der Waals surface area contributed by atoms with Crippen molar-refractivity contribution in [3.8, 4) is 0 Å². The largest absolute Gasteiger partial charge is 0.354 e.